The summed E-state index contributed by atoms with van der Waals surface area (Å²) < 4.78 is 1.96. The second kappa shape index (κ2) is 6.31. The highest BCUT2D eigenvalue weighted by molar-refractivity contribution is 5.50. The zero-order valence-corrected chi connectivity index (χ0v) is 13.7. The van der Waals surface area contributed by atoms with Crippen LogP contribution < -0.4 is 10.6 Å². The Morgan fingerprint density at radius 2 is 2.05 bits per heavy atom. The van der Waals surface area contributed by atoms with Gasteiger partial charge in [0.05, 0.1) is 5.69 Å². The molecule has 1 atom stereocenters. The molecule has 4 nitrogen and oxygen atoms in total. The molecule has 1 aromatic carbocycles. The molecule has 0 bridgehead atoms. The van der Waals surface area contributed by atoms with E-state index in [2.05, 4.69) is 55.2 Å². The number of nitrogens with two attached hydrogens (primary N) is 1. The summed E-state index contributed by atoms with van der Waals surface area (Å²) in [4.78, 5) is 2.26. The van der Waals surface area contributed by atoms with Gasteiger partial charge >= 0.3 is 0 Å². The van der Waals surface area contributed by atoms with E-state index in [1.165, 1.54) is 16.7 Å². The van der Waals surface area contributed by atoms with E-state index in [9.17, 15) is 0 Å². The lowest BCUT2D eigenvalue weighted by Crippen LogP contribution is -2.23. The number of rotatable bonds is 5. The standard InChI is InChI=1S/C17H26N4/c1-12-7-6-8-15(9-12)11-20(4)17-16(10-13(2)18)14(3)19-21(17)5/h6-9,13H,10-11,18H2,1-5H3. The predicted molar refractivity (Wildman–Crippen MR) is 88.6 cm³/mol. The summed E-state index contributed by atoms with van der Waals surface area (Å²) in [5.74, 6) is 1.16. The van der Waals surface area contributed by atoms with Crippen LogP contribution in [0, 0.1) is 13.8 Å². The van der Waals surface area contributed by atoms with Gasteiger partial charge in [0.1, 0.15) is 5.82 Å². The minimum atomic E-state index is 0.138. The summed E-state index contributed by atoms with van der Waals surface area (Å²) in [6.45, 7) is 7.09. The minimum Gasteiger partial charge on any atom is -0.355 e. The summed E-state index contributed by atoms with van der Waals surface area (Å²) in [5, 5.41) is 4.56. The summed E-state index contributed by atoms with van der Waals surface area (Å²) in [6.07, 6.45) is 0.854. The molecule has 1 aromatic heterocycles. The van der Waals surface area contributed by atoms with Crippen molar-refractivity contribution in [3.05, 3.63) is 46.6 Å². The second-order valence-corrected chi connectivity index (χ2v) is 6.04. The van der Waals surface area contributed by atoms with Crippen molar-refractivity contribution in [1.29, 1.82) is 0 Å². The van der Waals surface area contributed by atoms with Gasteiger partial charge in [0.25, 0.3) is 0 Å². The minimum absolute atomic E-state index is 0.138. The Morgan fingerprint density at radius 1 is 1.33 bits per heavy atom. The van der Waals surface area contributed by atoms with E-state index in [1.807, 2.05) is 18.7 Å². The van der Waals surface area contributed by atoms with Crippen LogP contribution in [0.15, 0.2) is 24.3 Å². The molecular weight excluding hydrogens is 260 g/mol. The third kappa shape index (κ3) is 3.64. The molecule has 0 saturated carbocycles. The number of aryl methyl sites for hydroxylation is 3. The molecule has 0 aliphatic rings. The lowest BCUT2D eigenvalue weighted by atomic mass is 10.1. The number of hydrogen-bond donors (Lipinski definition) is 1. The Kier molecular flexibility index (Phi) is 4.68. The zero-order valence-electron chi connectivity index (χ0n) is 13.7. The molecule has 0 radical (unpaired) electrons. The Balaban J connectivity index is 2.28. The first-order chi connectivity index (χ1) is 9.88. The van der Waals surface area contributed by atoms with Crippen LogP contribution in [-0.4, -0.2) is 22.9 Å². The van der Waals surface area contributed by atoms with Crippen LogP contribution in [0.4, 0.5) is 5.82 Å². The third-order valence-electron chi connectivity index (χ3n) is 3.70. The molecule has 0 spiro atoms. The summed E-state index contributed by atoms with van der Waals surface area (Å²) >= 11 is 0. The van der Waals surface area contributed by atoms with Gasteiger partial charge in [0.2, 0.25) is 0 Å². The predicted octanol–water partition coefficient (Wildman–Crippen LogP) is 2.56. The normalized spacial score (nSPS) is 12.5. The lowest BCUT2D eigenvalue weighted by Gasteiger charge is -2.22. The van der Waals surface area contributed by atoms with Gasteiger partial charge in [-0.3, -0.25) is 4.68 Å². The average molecular weight is 286 g/mol. The zero-order chi connectivity index (χ0) is 15.6. The van der Waals surface area contributed by atoms with Gasteiger partial charge in [-0.15, -0.1) is 0 Å². The molecule has 0 fully saturated rings. The molecule has 0 aliphatic carbocycles. The molecule has 2 N–H and O–H groups in total. The molecule has 114 valence electrons. The van der Waals surface area contributed by atoms with Gasteiger partial charge in [-0.25, -0.2) is 0 Å². The van der Waals surface area contributed by atoms with Crippen molar-refractivity contribution in [2.24, 2.45) is 12.8 Å². The molecule has 2 rings (SSSR count). The molecule has 0 amide bonds. The number of benzene rings is 1. The monoisotopic (exact) mass is 286 g/mol. The van der Waals surface area contributed by atoms with E-state index in [0.29, 0.717) is 0 Å². The van der Waals surface area contributed by atoms with E-state index in [4.69, 9.17) is 5.73 Å². The van der Waals surface area contributed by atoms with Gasteiger partial charge in [-0.05, 0) is 32.8 Å². The van der Waals surface area contributed by atoms with Crippen molar-refractivity contribution in [2.75, 3.05) is 11.9 Å². The van der Waals surface area contributed by atoms with Crippen molar-refractivity contribution in [1.82, 2.24) is 9.78 Å². The van der Waals surface area contributed by atoms with Crippen LogP contribution >= 0.6 is 0 Å². The molecular formula is C17H26N4. The Bertz CT molecular complexity index is 613. The van der Waals surface area contributed by atoms with E-state index in [0.717, 1.165) is 24.5 Å². The van der Waals surface area contributed by atoms with Crippen molar-refractivity contribution < 1.29 is 0 Å². The Morgan fingerprint density at radius 3 is 2.67 bits per heavy atom. The summed E-state index contributed by atoms with van der Waals surface area (Å²) in [6, 6.07) is 8.76. The highest BCUT2D eigenvalue weighted by Crippen LogP contribution is 2.25. The number of hydrogen-bond acceptors (Lipinski definition) is 3. The van der Waals surface area contributed by atoms with Gasteiger partial charge in [-0.2, -0.15) is 5.10 Å². The molecule has 1 heterocycles. The fraction of sp³-hybridized carbons (Fsp3) is 0.471. The molecule has 0 saturated heterocycles. The molecule has 2 aromatic rings. The Labute approximate surface area is 127 Å². The largest absolute Gasteiger partial charge is 0.355 e. The Hall–Kier alpha value is -1.81. The number of aromatic nitrogens is 2. The molecule has 21 heavy (non-hydrogen) atoms. The second-order valence-electron chi connectivity index (χ2n) is 6.04. The van der Waals surface area contributed by atoms with Crippen molar-refractivity contribution in [3.8, 4) is 0 Å². The average Bonchev–Trinajstić information content (AvgIpc) is 2.63. The van der Waals surface area contributed by atoms with Crippen molar-refractivity contribution in [3.63, 3.8) is 0 Å². The van der Waals surface area contributed by atoms with Crippen LogP contribution in [0.25, 0.3) is 0 Å². The highest BCUT2D eigenvalue weighted by Gasteiger charge is 2.18. The van der Waals surface area contributed by atoms with Crippen LogP contribution in [0.2, 0.25) is 0 Å². The van der Waals surface area contributed by atoms with Gasteiger partial charge in [0, 0.05) is 32.2 Å². The van der Waals surface area contributed by atoms with E-state index in [1.54, 1.807) is 0 Å². The first-order valence-electron chi connectivity index (χ1n) is 7.43. The van der Waals surface area contributed by atoms with Crippen LogP contribution in [-0.2, 0) is 20.0 Å². The first-order valence-corrected chi connectivity index (χ1v) is 7.43. The van der Waals surface area contributed by atoms with Gasteiger partial charge in [-0.1, -0.05) is 29.8 Å². The van der Waals surface area contributed by atoms with Gasteiger partial charge in [0.15, 0.2) is 0 Å². The lowest BCUT2D eigenvalue weighted by molar-refractivity contribution is 0.715. The summed E-state index contributed by atoms with van der Waals surface area (Å²) in [5.41, 5.74) is 10.9. The molecule has 4 heteroatoms. The topological polar surface area (TPSA) is 47.1 Å². The third-order valence-corrected chi connectivity index (χ3v) is 3.70. The fourth-order valence-corrected chi connectivity index (χ4v) is 2.89. The maximum Gasteiger partial charge on any atom is 0.130 e. The molecule has 0 aliphatic heterocycles. The highest BCUT2D eigenvalue weighted by atomic mass is 15.4. The SMILES string of the molecule is Cc1cccc(CN(C)c2c(CC(C)N)c(C)nn2C)c1. The van der Waals surface area contributed by atoms with E-state index >= 15 is 0 Å². The quantitative estimate of drug-likeness (QED) is 0.919. The van der Waals surface area contributed by atoms with Gasteiger partial charge < -0.3 is 10.6 Å². The van der Waals surface area contributed by atoms with E-state index < -0.39 is 0 Å². The van der Waals surface area contributed by atoms with Crippen molar-refractivity contribution in [2.45, 2.75) is 39.8 Å². The number of nitrogens with zero attached hydrogens (tertiary/aromatic N) is 3. The smallest absolute Gasteiger partial charge is 0.130 e. The van der Waals surface area contributed by atoms with Crippen LogP contribution in [0.3, 0.4) is 0 Å². The van der Waals surface area contributed by atoms with E-state index in [-0.39, 0.29) is 6.04 Å². The first kappa shape index (κ1) is 15.6. The fourth-order valence-electron chi connectivity index (χ4n) is 2.89. The van der Waals surface area contributed by atoms with Crippen LogP contribution in [0.1, 0.15) is 29.3 Å². The maximum absolute atomic E-state index is 5.99. The maximum atomic E-state index is 5.99. The number of anilines is 1. The van der Waals surface area contributed by atoms with Crippen molar-refractivity contribution >= 4 is 5.82 Å². The summed E-state index contributed by atoms with van der Waals surface area (Å²) in [7, 11) is 4.11. The van der Waals surface area contributed by atoms with Crippen LogP contribution in [0.5, 0.6) is 0 Å². The molecule has 1 unspecified atom stereocenters.